The molecule has 0 saturated heterocycles. The Morgan fingerprint density at radius 1 is 1.53 bits per heavy atom. The van der Waals surface area contributed by atoms with E-state index >= 15 is 0 Å². The Labute approximate surface area is 88.4 Å². The van der Waals surface area contributed by atoms with Gasteiger partial charge in [-0.25, -0.2) is 4.39 Å². The van der Waals surface area contributed by atoms with Gasteiger partial charge in [0.15, 0.2) is 0 Å². The highest BCUT2D eigenvalue weighted by molar-refractivity contribution is 5.86. The molecular formula is C11H14FN3. The molecule has 2 rings (SSSR count). The van der Waals surface area contributed by atoms with Crippen molar-refractivity contribution >= 4 is 11.5 Å². The van der Waals surface area contributed by atoms with Crippen molar-refractivity contribution < 1.29 is 4.39 Å². The minimum atomic E-state index is -0.222. The van der Waals surface area contributed by atoms with Gasteiger partial charge < -0.3 is 5.73 Å². The van der Waals surface area contributed by atoms with E-state index in [-0.39, 0.29) is 11.7 Å². The molecule has 1 aromatic rings. The van der Waals surface area contributed by atoms with E-state index in [1.165, 1.54) is 12.1 Å². The molecule has 1 aliphatic rings. The predicted octanol–water partition coefficient (Wildman–Crippen LogP) is 1.86. The van der Waals surface area contributed by atoms with E-state index in [9.17, 15) is 4.39 Å². The standard InChI is InChI=1S/C11H14FN3/c1-7-5-9(12)3-4-10(7)15-6-8(2)11(13)14-15/h3-5,8H,6H2,1-2H3,(H2,13,14). The SMILES string of the molecule is Cc1cc(F)ccc1N1CC(C)C(N)=N1. The lowest BCUT2D eigenvalue weighted by molar-refractivity contribution is 0.626. The van der Waals surface area contributed by atoms with E-state index in [4.69, 9.17) is 5.73 Å². The first-order valence-electron chi connectivity index (χ1n) is 4.95. The molecule has 0 bridgehead atoms. The Morgan fingerprint density at radius 2 is 2.27 bits per heavy atom. The Kier molecular flexibility index (Phi) is 2.34. The summed E-state index contributed by atoms with van der Waals surface area (Å²) in [7, 11) is 0. The number of nitrogens with two attached hydrogens (primary N) is 1. The number of amidine groups is 1. The number of aryl methyl sites for hydroxylation is 1. The minimum Gasteiger partial charge on any atom is -0.385 e. The van der Waals surface area contributed by atoms with Crippen LogP contribution in [-0.4, -0.2) is 12.4 Å². The maximum Gasteiger partial charge on any atom is 0.124 e. The largest absolute Gasteiger partial charge is 0.385 e. The minimum absolute atomic E-state index is 0.222. The van der Waals surface area contributed by atoms with Crippen LogP contribution in [-0.2, 0) is 0 Å². The average Bonchev–Trinajstić information content (AvgIpc) is 2.46. The molecule has 15 heavy (non-hydrogen) atoms. The van der Waals surface area contributed by atoms with E-state index in [1.54, 1.807) is 6.07 Å². The van der Waals surface area contributed by atoms with Gasteiger partial charge in [0.05, 0.1) is 12.2 Å². The fraction of sp³-hybridized carbons (Fsp3) is 0.364. The third-order valence-electron chi connectivity index (χ3n) is 2.62. The summed E-state index contributed by atoms with van der Waals surface area (Å²) < 4.78 is 12.9. The van der Waals surface area contributed by atoms with E-state index < -0.39 is 0 Å². The number of halogens is 1. The Balaban J connectivity index is 2.32. The van der Waals surface area contributed by atoms with E-state index in [2.05, 4.69) is 5.10 Å². The molecule has 1 aromatic carbocycles. The van der Waals surface area contributed by atoms with Crippen molar-refractivity contribution in [1.82, 2.24) is 0 Å². The molecule has 80 valence electrons. The molecule has 0 saturated carbocycles. The van der Waals surface area contributed by atoms with Gasteiger partial charge in [-0.15, -0.1) is 0 Å². The van der Waals surface area contributed by atoms with Gasteiger partial charge in [0.25, 0.3) is 0 Å². The lowest BCUT2D eigenvalue weighted by Gasteiger charge is -2.16. The number of rotatable bonds is 1. The lowest BCUT2D eigenvalue weighted by Crippen LogP contribution is -2.20. The molecule has 1 unspecified atom stereocenters. The molecule has 0 amide bonds. The number of benzene rings is 1. The molecule has 0 aromatic heterocycles. The van der Waals surface area contributed by atoms with E-state index in [0.717, 1.165) is 17.8 Å². The predicted molar refractivity (Wildman–Crippen MR) is 59.3 cm³/mol. The van der Waals surface area contributed by atoms with Gasteiger partial charge in [0.2, 0.25) is 0 Å². The second-order valence-corrected chi connectivity index (χ2v) is 3.94. The van der Waals surface area contributed by atoms with Crippen LogP contribution in [0, 0.1) is 18.7 Å². The summed E-state index contributed by atoms with van der Waals surface area (Å²) in [4.78, 5) is 0. The summed E-state index contributed by atoms with van der Waals surface area (Å²) in [5.74, 6) is 0.675. The monoisotopic (exact) mass is 207 g/mol. The Morgan fingerprint density at radius 3 is 2.80 bits per heavy atom. The van der Waals surface area contributed by atoms with Crippen LogP contribution in [0.1, 0.15) is 12.5 Å². The van der Waals surface area contributed by atoms with Gasteiger partial charge in [0.1, 0.15) is 11.7 Å². The van der Waals surface area contributed by atoms with Crippen LogP contribution in [0.2, 0.25) is 0 Å². The highest BCUT2D eigenvalue weighted by Gasteiger charge is 2.22. The first-order chi connectivity index (χ1) is 7.08. The fourth-order valence-corrected chi connectivity index (χ4v) is 1.69. The van der Waals surface area contributed by atoms with Crippen molar-refractivity contribution in [3.63, 3.8) is 0 Å². The van der Waals surface area contributed by atoms with Gasteiger partial charge in [-0.3, -0.25) is 5.01 Å². The van der Waals surface area contributed by atoms with Gasteiger partial charge in [-0.2, -0.15) is 5.10 Å². The van der Waals surface area contributed by atoms with Gasteiger partial charge >= 0.3 is 0 Å². The quantitative estimate of drug-likeness (QED) is 0.763. The van der Waals surface area contributed by atoms with Gasteiger partial charge in [-0.1, -0.05) is 6.92 Å². The van der Waals surface area contributed by atoms with Crippen LogP contribution in [0.4, 0.5) is 10.1 Å². The zero-order chi connectivity index (χ0) is 11.0. The zero-order valence-electron chi connectivity index (χ0n) is 8.87. The van der Waals surface area contributed by atoms with Crippen LogP contribution >= 0.6 is 0 Å². The van der Waals surface area contributed by atoms with Crippen LogP contribution in [0.25, 0.3) is 0 Å². The topological polar surface area (TPSA) is 41.6 Å². The molecule has 4 heteroatoms. The van der Waals surface area contributed by atoms with E-state index in [0.29, 0.717) is 5.84 Å². The molecule has 1 heterocycles. The lowest BCUT2D eigenvalue weighted by atomic mass is 10.1. The number of hydrogen-bond donors (Lipinski definition) is 1. The first-order valence-corrected chi connectivity index (χ1v) is 4.95. The summed E-state index contributed by atoms with van der Waals surface area (Å²) in [5.41, 5.74) is 7.52. The molecule has 0 radical (unpaired) electrons. The molecule has 0 fully saturated rings. The second kappa shape index (κ2) is 3.53. The fourth-order valence-electron chi connectivity index (χ4n) is 1.69. The van der Waals surface area contributed by atoms with Gasteiger partial charge in [-0.05, 0) is 30.7 Å². The molecule has 3 nitrogen and oxygen atoms in total. The number of nitrogens with zero attached hydrogens (tertiary/aromatic N) is 2. The molecular weight excluding hydrogens is 193 g/mol. The molecule has 1 aliphatic heterocycles. The first kappa shape index (κ1) is 9.96. The number of hydrogen-bond acceptors (Lipinski definition) is 3. The third-order valence-corrected chi connectivity index (χ3v) is 2.62. The Bertz CT molecular complexity index is 414. The van der Waals surface area contributed by atoms with Crippen molar-refractivity contribution in [1.29, 1.82) is 0 Å². The molecule has 0 spiro atoms. The van der Waals surface area contributed by atoms with Crippen LogP contribution in [0.3, 0.4) is 0 Å². The molecule has 1 atom stereocenters. The summed E-state index contributed by atoms with van der Waals surface area (Å²) in [6.07, 6.45) is 0. The zero-order valence-corrected chi connectivity index (χ0v) is 8.87. The van der Waals surface area contributed by atoms with Crippen molar-refractivity contribution in [3.8, 4) is 0 Å². The van der Waals surface area contributed by atoms with Gasteiger partial charge in [0, 0.05) is 5.92 Å². The highest BCUT2D eigenvalue weighted by atomic mass is 19.1. The van der Waals surface area contributed by atoms with E-state index in [1.807, 2.05) is 18.9 Å². The van der Waals surface area contributed by atoms with Crippen molar-refractivity contribution in [2.24, 2.45) is 16.8 Å². The van der Waals surface area contributed by atoms with Crippen molar-refractivity contribution in [2.45, 2.75) is 13.8 Å². The average molecular weight is 207 g/mol. The second-order valence-electron chi connectivity index (χ2n) is 3.94. The van der Waals surface area contributed by atoms with Crippen molar-refractivity contribution in [2.75, 3.05) is 11.6 Å². The number of hydrazone groups is 1. The number of anilines is 1. The third kappa shape index (κ3) is 1.79. The van der Waals surface area contributed by atoms with Crippen LogP contribution in [0.5, 0.6) is 0 Å². The van der Waals surface area contributed by atoms with Crippen LogP contribution in [0.15, 0.2) is 23.3 Å². The maximum atomic E-state index is 12.9. The summed E-state index contributed by atoms with van der Waals surface area (Å²) >= 11 is 0. The van der Waals surface area contributed by atoms with Crippen molar-refractivity contribution in [3.05, 3.63) is 29.6 Å². The highest BCUT2D eigenvalue weighted by Crippen LogP contribution is 2.25. The summed E-state index contributed by atoms with van der Waals surface area (Å²) in [6.45, 7) is 4.66. The smallest absolute Gasteiger partial charge is 0.124 e. The summed E-state index contributed by atoms with van der Waals surface area (Å²) in [6, 6.07) is 4.68. The molecule has 2 N–H and O–H groups in total. The molecule has 0 aliphatic carbocycles. The normalized spacial score (nSPS) is 20.6. The Hall–Kier alpha value is -1.58. The summed E-state index contributed by atoms with van der Waals surface area (Å²) in [5, 5.41) is 6.06. The van der Waals surface area contributed by atoms with Crippen LogP contribution < -0.4 is 10.7 Å². The maximum absolute atomic E-state index is 12.9.